The molecule has 2 rings (SSSR count). The fourth-order valence-corrected chi connectivity index (χ4v) is 2.59. The quantitative estimate of drug-likeness (QED) is 0.618. The van der Waals surface area contributed by atoms with Crippen LogP contribution in [-0.4, -0.2) is 50.2 Å². The molecule has 0 N–H and O–H groups in total. The van der Waals surface area contributed by atoms with Gasteiger partial charge < -0.3 is 9.64 Å². The Morgan fingerprint density at radius 1 is 1.33 bits per heavy atom. The Morgan fingerprint density at radius 3 is 2.67 bits per heavy atom. The van der Waals surface area contributed by atoms with E-state index in [4.69, 9.17) is 16.3 Å². The van der Waals surface area contributed by atoms with Gasteiger partial charge in [0.25, 0.3) is 0 Å². The molecule has 1 heterocycles. The van der Waals surface area contributed by atoms with Crippen molar-refractivity contribution in [2.75, 3.05) is 44.2 Å². The summed E-state index contributed by atoms with van der Waals surface area (Å²) in [5.41, 5.74) is 1.67. The molecule has 0 radical (unpaired) electrons. The van der Waals surface area contributed by atoms with Crippen molar-refractivity contribution in [1.82, 2.24) is 4.90 Å². The van der Waals surface area contributed by atoms with Gasteiger partial charge in [-0.25, -0.2) is 4.79 Å². The second-order valence-electron chi connectivity index (χ2n) is 5.07. The van der Waals surface area contributed by atoms with E-state index in [1.807, 2.05) is 18.2 Å². The lowest BCUT2D eigenvalue weighted by atomic mass is 10.2. The fourth-order valence-electron chi connectivity index (χ4n) is 2.40. The van der Waals surface area contributed by atoms with Gasteiger partial charge in [-0.1, -0.05) is 24.2 Å². The van der Waals surface area contributed by atoms with E-state index >= 15 is 0 Å². The molecule has 1 aromatic rings. The summed E-state index contributed by atoms with van der Waals surface area (Å²) < 4.78 is 4.96. The van der Waals surface area contributed by atoms with Crippen LogP contribution in [0.25, 0.3) is 0 Å². The number of esters is 1. The molecule has 114 valence electrons. The van der Waals surface area contributed by atoms with E-state index in [9.17, 15) is 4.79 Å². The molecule has 21 heavy (non-hydrogen) atoms. The van der Waals surface area contributed by atoms with Gasteiger partial charge in [-0.3, -0.25) is 4.90 Å². The zero-order valence-corrected chi connectivity index (χ0v) is 13.1. The van der Waals surface area contributed by atoms with Crippen LogP contribution in [0.15, 0.2) is 36.4 Å². The monoisotopic (exact) mass is 308 g/mol. The topological polar surface area (TPSA) is 32.8 Å². The largest absolute Gasteiger partial charge is 0.463 e. The molecule has 0 amide bonds. The van der Waals surface area contributed by atoms with Crippen LogP contribution in [0.4, 0.5) is 5.69 Å². The molecule has 0 aromatic heterocycles. The first-order valence-corrected chi connectivity index (χ1v) is 7.55. The van der Waals surface area contributed by atoms with Crippen LogP contribution in [0.3, 0.4) is 0 Å². The van der Waals surface area contributed by atoms with Crippen LogP contribution in [-0.2, 0) is 9.53 Å². The van der Waals surface area contributed by atoms with Gasteiger partial charge in [-0.15, -0.1) is 0 Å². The number of carbonyl (C=O) groups is 1. The highest BCUT2D eigenvalue weighted by atomic mass is 35.5. The van der Waals surface area contributed by atoms with Crippen molar-refractivity contribution in [1.29, 1.82) is 0 Å². The number of hydrogen-bond acceptors (Lipinski definition) is 4. The molecule has 0 unspecified atom stereocenters. The van der Waals surface area contributed by atoms with Crippen LogP contribution >= 0.6 is 11.6 Å². The number of anilines is 1. The number of benzene rings is 1. The van der Waals surface area contributed by atoms with E-state index in [-0.39, 0.29) is 5.97 Å². The molecule has 4 nitrogen and oxygen atoms in total. The number of nitrogens with zero attached hydrogens (tertiary/aromatic N) is 2. The molecule has 1 fully saturated rings. The summed E-state index contributed by atoms with van der Waals surface area (Å²) in [6.45, 7) is 10.2. The van der Waals surface area contributed by atoms with E-state index in [2.05, 4.69) is 22.4 Å². The lowest BCUT2D eigenvalue weighted by Gasteiger charge is -2.36. The Kier molecular flexibility index (Phi) is 5.65. The molecule has 1 saturated heterocycles. The predicted octanol–water partition coefficient (Wildman–Crippen LogP) is 2.58. The predicted molar refractivity (Wildman–Crippen MR) is 85.9 cm³/mol. The third-order valence-corrected chi connectivity index (χ3v) is 3.76. The van der Waals surface area contributed by atoms with Crippen LogP contribution in [0.2, 0.25) is 5.02 Å². The maximum atomic E-state index is 11.6. The lowest BCUT2D eigenvalue weighted by Crippen LogP contribution is -2.47. The van der Waals surface area contributed by atoms with Gasteiger partial charge in [0.05, 0.1) is 6.61 Å². The van der Waals surface area contributed by atoms with Crippen molar-refractivity contribution in [3.63, 3.8) is 0 Å². The van der Waals surface area contributed by atoms with Crippen LogP contribution < -0.4 is 4.90 Å². The Morgan fingerprint density at radius 2 is 2.05 bits per heavy atom. The van der Waals surface area contributed by atoms with Gasteiger partial charge >= 0.3 is 5.97 Å². The van der Waals surface area contributed by atoms with Gasteiger partial charge in [-0.05, 0) is 25.1 Å². The van der Waals surface area contributed by atoms with Gasteiger partial charge in [-0.2, -0.15) is 0 Å². The van der Waals surface area contributed by atoms with Crippen LogP contribution in [0.5, 0.6) is 0 Å². The minimum Gasteiger partial charge on any atom is -0.463 e. The molecule has 1 aliphatic rings. The van der Waals surface area contributed by atoms with E-state index < -0.39 is 0 Å². The Bertz CT molecular complexity index is 511. The van der Waals surface area contributed by atoms with E-state index in [0.29, 0.717) is 18.7 Å². The minimum absolute atomic E-state index is 0.297. The maximum absolute atomic E-state index is 11.6. The first-order chi connectivity index (χ1) is 10.1. The van der Waals surface area contributed by atoms with Gasteiger partial charge in [0.2, 0.25) is 0 Å². The standard InChI is InChI=1S/C16H21ClN2O2/c1-3-21-16(20)13(2)12-18-7-9-19(10-8-18)15-6-4-5-14(17)11-15/h4-6,11H,2-3,7-10,12H2,1H3. The fraction of sp³-hybridized carbons (Fsp3) is 0.438. The Balaban J connectivity index is 1.83. The first-order valence-electron chi connectivity index (χ1n) is 7.18. The maximum Gasteiger partial charge on any atom is 0.334 e. The smallest absolute Gasteiger partial charge is 0.334 e. The second-order valence-corrected chi connectivity index (χ2v) is 5.50. The molecule has 0 atom stereocenters. The van der Waals surface area contributed by atoms with Crippen molar-refractivity contribution in [3.8, 4) is 0 Å². The van der Waals surface area contributed by atoms with Gasteiger partial charge in [0.15, 0.2) is 0 Å². The Labute approximate surface area is 130 Å². The summed E-state index contributed by atoms with van der Waals surface area (Å²) in [4.78, 5) is 16.1. The van der Waals surface area contributed by atoms with Crippen LogP contribution in [0, 0.1) is 0 Å². The number of halogens is 1. The van der Waals surface area contributed by atoms with Crippen molar-refractivity contribution in [2.24, 2.45) is 0 Å². The summed E-state index contributed by atoms with van der Waals surface area (Å²) in [7, 11) is 0. The third-order valence-electron chi connectivity index (χ3n) is 3.52. The summed E-state index contributed by atoms with van der Waals surface area (Å²) >= 11 is 6.03. The molecule has 0 bridgehead atoms. The highest BCUT2D eigenvalue weighted by Gasteiger charge is 2.19. The second kappa shape index (κ2) is 7.48. The molecule has 1 aliphatic heterocycles. The third kappa shape index (κ3) is 4.48. The summed E-state index contributed by atoms with van der Waals surface area (Å²) in [5.74, 6) is -0.297. The van der Waals surface area contributed by atoms with E-state index in [0.717, 1.165) is 36.9 Å². The van der Waals surface area contributed by atoms with Crippen molar-refractivity contribution in [2.45, 2.75) is 6.92 Å². The molecule has 5 heteroatoms. The number of ether oxygens (including phenoxy) is 1. The van der Waals surface area contributed by atoms with Crippen LogP contribution in [0.1, 0.15) is 6.92 Å². The van der Waals surface area contributed by atoms with E-state index in [1.165, 1.54) is 0 Å². The lowest BCUT2D eigenvalue weighted by molar-refractivity contribution is -0.138. The van der Waals surface area contributed by atoms with E-state index in [1.54, 1.807) is 6.92 Å². The van der Waals surface area contributed by atoms with Crippen molar-refractivity contribution < 1.29 is 9.53 Å². The summed E-state index contributed by atoms with van der Waals surface area (Å²) in [6.07, 6.45) is 0. The van der Waals surface area contributed by atoms with Gasteiger partial charge in [0.1, 0.15) is 0 Å². The number of piperazine rings is 1. The average Bonchev–Trinajstić information content (AvgIpc) is 2.48. The molecule has 0 spiro atoms. The Hall–Kier alpha value is -1.52. The van der Waals surface area contributed by atoms with Crippen molar-refractivity contribution >= 4 is 23.3 Å². The number of carbonyl (C=O) groups excluding carboxylic acids is 1. The minimum atomic E-state index is -0.297. The zero-order valence-electron chi connectivity index (χ0n) is 12.3. The molecule has 0 aliphatic carbocycles. The first kappa shape index (κ1) is 15.9. The average molecular weight is 309 g/mol. The molecule has 1 aromatic carbocycles. The summed E-state index contributed by atoms with van der Waals surface area (Å²) in [5, 5.41) is 0.755. The van der Waals surface area contributed by atoms with Gasteiger partial charge in [0, 0.05) is 49.0 Å². The SMILES string of the molecule is C=C(CN1CCN(c2cccc(Cl)c2)CC1)C(=O)OCC. The highest BCUT2D eigenvalue weighted by Crippen LogP contribution is 2.20. The summed E-state index contributed by atoms with van der Waals surface area (Å²) in [6, 6.07) is 7.89. The number of hydrogen-bond donors (Lipinski definition) is 0. The molecular weight excluding hydrogens is 288 g/mol. The molecular formula is C16H21ClN2O2. The van der Waals surface area contributed by atoms with Crippen molar-refractivity contribution in [3.05, 3.63) is 41.4 Å². The normalized spacial score (nSPS) is 15.8. The molecule has 0 saturated carbocycles. The highest BCUT2D eigenvalue weighted by molar-refractivity contribution is 6.30. The zero-order chi connectivity index (χ0) is 15.2. The number of rotatable bonds is 5.